The summed E-state index contributed by atoms with van der Waals surface area (Å²) in [5.74, 6) is 1.02. The van der Waals surface area contributed by atoms with Crippen LogP contribution >= 0.6 is 11.3 Å². The van der Waals surface area contributed by atoms with E-state index in [0.717, 1.165) is 65.3 Å². The predicted molar refractivity (Wildman–Crippen MR) is 139 cm³/mol. The number of amidine groups is 1. The molecule has 0 bridgehead atoms. The van der Waals surface area contributed by atoms with Crippen LogP contribution in [0.15, 0.2) is 52.6 Å². The third-order valence-corrected chi connectivity index (χ3v) is 7.34. The van der Waals surface area contributed by atoms with Crippen LogP contribution in [0, 0.1) is 12.7 Å². The normalized spacial score (nSPS) is 16.1. The number of rotatable bonds is 7. The van der Waals surface area contributed by atoms with Gasteiger partial charge in [0.1, 0.15) is 23.2 Å². The van der Waals surface area contributed by atoms with Crippen LogP contribution in [0.5, 0.6) is 5.75 Å². The summed E-state index contributed by atoms with van der Waals surface area (Å²) < 4.78 is 28.1. The van der Waals surface area contributed by atoms with Crippen LogP contribution in [0.3, 0.4) is 0 Å². The van der Waals surface area contributed by atoms with Gasteiger partial charge in [-0.25, -0.2) is 18.9 Å². The van der Waals surface area contributed by atoms with E-state index in [9.17, 15) is 4.39 Å². The van der Waals surface area contributed by atoms with Crippen molar-refractivity contribution in [3.63, 3.8) is 0 Å². The fraction of sp³-hybridized carbons (Fsp3) is 0.308. The molecular weight excluding hydrogens is 479 g/mol. The van der Waals surface area contributed by atoms with Crippen LogP contribution in [0.2, 0.25) is 0 Å². The Bertz CT molecular complexity index is 1470. The van der Waals surface area contributed by atoms with Gasteiger partial charge in [-0.1, -0.05) is 12.1 Å². The zero-order valence-corrected chi connectivity index (χ0v) is 20.7. The number of ether oxygens (including phenoxy) is 2. The standard InChI is InChI=1S/C26H25FN6O2S/c1-17-22(21-16-18(6-9-33(21)31-17)35-15-12-32-10-13-34-14-11-32)26-30-23(19-4-2-3-5-20(19)27)24(36-26)25-28-7-8-29-25/h2-7,9,16H,8,10-15H2,1H3. The number of pyridine rings is 1. The average Bonchev–Trinajstić information content (AvgIpc) is 3.63. The number of fused-ring (bicyclic) bond motifs is 1. The van der Waals surface area contributed by atoms with Crippen molar-refractivity contribution in [2.45, 2.75) is 6.92 Å². The van der Waals surface area contributed by atoms with Gasteiger partial charge in [-0.2, -0.15) is 5.10 Å². The number of thiazole rings is 1. The van der Waals surface area contributed by atoms with Crippen molar-refractivity contribution in [3.05, 3.63) is 59.0 Å². The third kappa shape index (κ3) is 4.43. The number of nitrogens with zero attached hydrogens (tertiary/aromatic N) is 6. The lowest BCUT2D eigenvalue weighted by Crippen LogP contribution is -2.38. The van der Waals surface area contributed by atoms with Crippen molar-refractivity contribution >= 4 is 28.9 Å². The molecule has 0 N–H and O–H groups in total. The summed E-state index contributed by atoms with van der Waals surface area (Å²) >= 11 is 1.45. The Labute approximate surface area is 211 Å². The SMILES string of the molecule is Cc1nn2ccc(OCCN3CCOCC3)cc2c1-c1nc(-c2ccccc2F)c(C2=NCC=N2)s1. The summed E-state index contributed by atoms with van der Waals surface area (Å²) in [5, 5.41) is 5.42. The van der Waals surface area contributed by atoms with Crippen molar-refractivity contribution in [1.82, 2.24) is 19.5 Å². The van der Waals surface area contributed by atoms with E-state index in [1.54, 1.807) is 18.3 Å². The predicted octanol–water partition coefficient (Wildman–Crippen LogP) is 4.11. The lowest BCUT2D eigenvalue weighted by Gasteiger charge is -2.26. The van der Waals surface area contributed by atoms with Gasteiger partial charge < -0.3 is 9.47 Å². The van der Waals surface area contributed by atoms with E-state index in [-0.39, 0.29) is 5.82 Å². The molecule has 6 rings (SSSR count). The molecule has 1 aromatic carbocycles. The fourth-order valence-corrected chi connectivity index (χ4v) is 5.60. The highest BCUT2D eigenvalue weighted by molar-refractivity contribution is 7.17. The Hall–Kier alpha value is -3.47. The molecule has 4 aromatic rings. The Morgan fingerprint density at radius 2 is 2.03 bits per heavy atom. The number of benzene rings is 1. The van der Waals surface area contributed by atoms with E-state index in [2.05, 4.69) is 20.0 Å². The first kappa shape index (κ1) is 23.0. The maximum Gasteiger partial charge on any atom is 0.167 e. The topological polar surface area (TPSA) is 76.6 Å². The van der Waals surface area contributed by atoms with Gasteiger partial charge in [0, 0.05) is 43.7 Å². The molecule has 36 heavy (non-hydrogen) atoms. The molecule has 0 unspecified atom stereocenters. The Balaban J connectivity index is 1.36. The van der Waals surface area contributed by atoms with E-state index in [1.807, 2.05) is 35.8 Å². The molecule has 0 amide bonds. The second kappa shape index (κ2) is 9.88. The smallest absolute Gasteiger partial charge is 0.167 e. The van der Waals surface area contributed by atoms with Gasteiger partial charge >= 0.3 is 0 Å². The van der Waals surface area contributed by atoms with Gasteiger partial charge in [0.25, 0.3) is 0 Å². The van der Waals surface area contributed by atoms with Gasteiger partial charge in [0.2, 0.25) is 0 Å². The molecule has 0 saturated carbocycles. The maximum atomic E-state index is 14.8. The average molecular weight is 505 g/mol. The highest BCUT2D eigenvalue weighted by Crippen LogP contribution is 2.39. The van der Waals surface area contributed by atoms with Crippen LogP contribution in [0.1, 0.15) is 10.6 Å². The number of aryl methyl sites for hydroxylation is 1. The minimum absolute atomic E-state index is 0.328. The molecule has 5 heterocycles. The van der Waals surface area contributed by atoms with Crippen LogP contribution < -0.4 is 4.74 Å². The van der Waals surface area contributed by atoms with Gasteiger partial charge in [-0.05, 0) is 25.1 Å². The van der Waals surface area contributed by atoms with E-state index >= 15 is 0 Å². The largest absolute Gasteiger partial charge is 0.492 e. The molecule has 0 atom stereocenters. The van der Waals surface area contributed by atoms with Gasteiger partial charge in [0.05, 0.1) is 47.1 Å². The summed E-state index contributed by atoms with van der Waals surface area (Å²) in [6.07, 6.45) is 3.65. The first-order valence-corrected chi connectivity index (χ1v) is 12.7. The van der Waals surface area contributed by atoms with Crippen molar-refractivity contribution in [2.24, 2.45) is 9.98 Å². The van der Waals surface area contributed by atoms with Crippen LogP contribution in [0.25, 0.3) is 27.3 Å². The van der Waals surface area contributed by atoms with Crippen LogP contribution in [-0.2, 0) is 4.74 Å². The molecule has 1 fully saturated rings. The Morgan fingerprint density at radius 3 is 2.83 bits per heavy atom. The molecule has 0 spiro atoms. The fourth-order valence-electron chi connectivity index (χ4n) is 4.46. The summed E-state index contributed by atoms with van der Waals surface area (Å²) in [6.45, 7) is 7.32. The van der Waals surface area contributed by atoms with E-state index in [1.165, 1.54) is 17.4 Å². The molecular formula is C26H25FN6O2S. The number of hydrogen-bond acceptors (Lipinski definition) is 8. The molecule has 0 aliphatic carbocycles. The number of aromatic nitrogens is 3. The number of morpholine rings is 1. The van der Waals surface area contributed by atoms with Crippen molar-refractivity contribution in [3.8, 4) is 27.6 Å². The summed E-state index contributed by atoms with van der Waals surface area (Å²) in [7, 11) is 0. The molecule has 0 radical (unpaired) electrons. The molecule has 1 saturated heterocycles. The van der Waals surface area contributed by atoms with E-state index in [4.69, 9.17) is 14.5 Å². The lowest BCUT2D eigenvalue weighted by atomic mass is 10.1. The highest BCUT2D eigenvalue weighted by atomic mass is 32.1. The second-order valence-corrected chi connectivity index (χ2v) is 9.61. The molecule has 8 nitrogen and oxygen atoms in total. The molecule has 2 aliphatic rings. The maximum absolute atomic E-state index is 14.8. The lowest BCUT2D eigenvalue weighted by molar-refractivity contribution is 0.0322. The van der Waals surface area contributed by atoms with E-state index in [0.29, 0.717) is 30.2 Å². The first-order chi connectivity index (χ1) is 17.7. The first-order valence-electron chi connectivity index (χ1n) is 11.9. The van der Waals surface area contributed by atoms with Crippen molar-refractivity contribution < 1.29 is 13.9 Å². The van der Waals surface area contributed by atoms with Gasteiger partial charge in [-0.15, -0.1) is 11.3 Å². The number of aliphatic imine (C=N–C) groups is 2. The monoisotopic (exact) mass is 504 g/mol. The van der Waals surface area contributed by atoms with Crippen LogP contribution in [-0.4, -0.2) is 77.5 Å². The minimum atomic E-state index is -0.328. The molecule has 10 heteroatoms. The minimum Gasteiger partial charge on any atom is -0.492 e. The third-order valence-electron chi connectivity index (χ3n) is 6.27. The van der Waals surface area contributed by atoms with Gasteiger partial charge in [0.15, 0.2) is 5.84 Å². The van der Waals surface area contributed by atoms with E-state index < -0.39 is 0 Å². The number of halogens is 1. The quantitative estimate of drug-likeness (QED) is 0.379. The Morgan fingerprint density at radius 1 is 1.17 bits per heavy atom. The van der Waals surface area contributed by atoms with Crippen LogP contribution in [0.4, 0.5) is 4.39 Å². The summed E-state index contributed by atoms with van der Waals surface area (Å²) in [5.41, 5.74) is 3.58. The molecule has 184 valence electrons. The Kier molecular flexibility index (Phi) is 6.30. The van der Waals surface area contributed by atoms with Gasteiger partial charge in [-0.3, -0.25) is 9.89 Å². The molecule has 2 aliphatic heterocycles. The zero-order valence-electron chi connectivity index (χ0n) is 19.9. The van der Waals surface area contributed by atoms with Crippen molar-refractivity contribution in [2.75, 3.05) is 46.0 Å². The summed E-state index contributed by atoms with van der Waals surface area (Å²) in [4.78, 5) is 16.9. The summed E-state index contributed by atoms with van der Waals surface area (Å²) in [6, 6.07) is 10.6. The second-order valence-electron chi connectivity index (χ2n) is 8.61. The highest BCUT2D eigenvalue weighted by Gasteiger charge is 2.24. The zero-order chi connectivity index (χ0) is 24.5. The molecule has 3 aromatic heterocycles. The number of hydrogen-bond donors (Lipinski definition) is 0. The van der Waals surface area contributed by atoms with Crippen molar-refractivity contribution in [1.29, 1.82) is 0 Å².